The number of aromatic nitrogens is 3. The zero-order valence-electron chi connectivity index (χ0n) is 22.1. The number of hydrogen-bond donors (Lipinski definition) is 0. The van der Waals surface area contributed by atoms with E-state index in [-0.39, 0.29) is 0 Å². The van der Waals surface area contributed by atoms with Gasteiger partial charge in [0, 0.05) is 27.1 Å². The van der Waals surface area contributed by atoms with Gasteiger partial charge < -0.3 is 0 Å². The molecule has 0 spiro atoms. The Balaban J connectivity index is 1.48. The molecule has 0 aliphatic carbocycles. The molecule has 0 unspecified atom stereocenters. The Bertz CT molecular complexity index is 2480. The first-order chi connectivity index (χ1) is 20.3. The molecule has 3 nitrogen and oxygen atoms in total. The second-order valence-electron chi connectivity index (χ2n) is 10.6. The summed E-state index contributed by atoms with van der Waals surface area (Å²) in [7, 11) is 0. The third kappa shape index (κ3) is 3.20. The molecule has 0 saturated carbocycles. The van der Waals surface area contributed by atoms with Crippen LogP contribution in [0.15, 0.2) is 140 Å². The summed E-state index contributed by atoms with van der Waals surface area (Å²) in [5, 5.41) is 10.6. The summed E-state index contributed by atoms with van der Waals surface area (Å²) in [5.74, 6) is 0.679. The maximum absolute atomic E-state index is 5.40. The molecular formula is C38H23N3. The molecule has 0 bridgehead atoms. The molecule has 9 aromatic rings. The van der Waals surface area contributed by atoms with Crippen LogP contribution in [0.1, 0.15) is 0 Å². The molecular weight excluding hydrogens is 498 g/mol. The smallest absolute Gasteiger partial charge is 0.235 e. The zero-order valence-corrected chi connectivity index (χ0v) is 22.1. The number of hydrogen-bond acceptors (Lipinski definition) is 2. The van der Waals surface area contributed by atoms with Crippen LogP contribution in [0.5, 0.6) is 0 Å². The Hall–Kier alpha value is -5.54. The highest BCUT2D eigenvalue weighted by Crippen LogP contribution is 2.39. The van der Waals surface area contributed by atoms with Crippen molar-refractivity contribution in [1.82, 2.24) is 14.5 Å². The Morgan fingerprint density at radius 3 is 1.83 bits per heavy atom. The standard InChI is InChI=1S/C38H23N3/c1-4-14-27-24(10-1)13-9-18-30(27)37-32-22-20-26-12-3-6-16-29(26)36(32)39-38(40-37)41-33-19-8-7-17-31(33)35-28-15-5-2-11-25(28)21-23-34(35)41/h1-23H. The van der Waals surface area contributed by atoms with Crippen LogP contribution in [0.4, 0.5) is 0 Å². The van der Waals surface area contributed by atoms with Crippen LogP contribution >= 0.6 is 0 Å². The van der Waals surface area contributed by atoms with E-state index in [1.54, 1.807) is 0 Å². The number of benzene rings is 7. The molecule has 3 heteroatoms. The zero-order chi connectivity index (χ0) is 26.9. The number of nitrogens with zero attached hydrogens (tertiary/aromatic N) is 3. The van der Waals surface area contributed by atoms with Gasteiger partial charge in [0.2, 0.25) is 5.95 Å². The van der Waals surface area contributed by atoms with Crippen LogP contribution in [0.3, 0.4) is 0 Å². The van der Waals surface area contributed by atoms with Gasteiger partial charge in [0.25, 0.3) is 0 Å². The lowest BCUT2D eigenvalue weighted by atomic mass is 9.98. The van der Waals surface area contributed by atoms with Crippen LogP contribution in [-0.2, 0) is 0 Å². The van der Waals surface area contributed by atoms with Crippen molar-refractivity contribution in [2.75, 3.05) is 0 Å². The SMILES string of the molecule is c1ccc2c(-c3nc(-n4c5ccccc5c5c6ccccc6ccc54)nc4c3ccc3ccccc34)cccc2c1. The van der Waals surface area contributed by atoms with Gasteiger partial charge in [0.05, 0.1) is 22.2 Å². The van der Waals surface area contributed by atoms with Gasteiger partial charge in [-0.3, -0.25) is 4.57 Å². The molecule has 41 heavy (non-hydrogen) atoms. The summed E-state index contributed by atoms with van der Waals surface area (Å²) in [6.45, 7) is 0. The molecule has 0 fully saturated rings. The molecule has 0 radical (unpaired) electrons. The lowest BCUT2D eigenvalue weighted by Crippen LogP contribution is -2.04. The highest BCUT2D eigenvalue weighted by atomic mass is 15.2. The fraction of sp³-hybridized carbons (Fsp3) is 0. The van der Waals surface area contributed by atoms with E-state index in [0.717, 1.165) is 38.6 Å². The average Bonchev–Trinajstić information content (AvgIpc) is 3.39. The van der Waals surface area contributed by atoms with Crippen molar-refractivity contribution in [2.24, 2.45) is 0 Å². The molecule has 0 amide bonds. The predicted molar refractivity (Wildman–Crippen MR) is 172 cm³/mol. The number of rotatable bonds is 2. The fourth-order valence-corrected chi connectivity index (χ4v) is 6.54. The predicted octanol–water partition coefficient (Wildman–Crippen LogP) is 9.85. The summed E-state index contributed by atoms with van der Waals surface area (Å²) in [6, 6.07) is 49.5. The van der Waals surface area contributed by atoms with Gasteiger partial charge in [0.1, 0.15) is 0 Å². The lowest BCUT2D eigenvalue weighted by molar-refractivity contribution is 1.02. The summed E-state index contributed by atoms with van der Waals surface area (Å²) >= 11 is 0. The van der Waals surface area contributed by atoms with E-state index in [0.29, 0.717) is 5.95 Å². The third-order valence-electron chi connectivity index (χ3n) is 8.39. The molecule has 190 valence electrons. The van der Waals surface area contributed by atoms with Crippen LogP contribution in [0.25, 0.3) is 82.2 Å². The lowest BCUT2D eigenvalue weighted by Gasteiger charge is -2.14. The largest absolute Gasteiger partial charge is 0.278 e. The summed E-state index contributed by atoms with van der Waals surface area (Å²) < 4.78 is 2.24. The van der Waals surface area contributed by atoms with E-state index in [4.69, 9.17) is 9.97 Å². The summed E-state index contributed by atoms with van der Waals surface area (Å²) in [5.41, 5.74) is 5.22. The minimum absolute atomic E-state index is 0.679. The maximum atomic E-state index is 5.40. The second-order valence-corrected chi connectivity index (χ2v) is 10.6. The van der Waals surface area contributed by atoms with Crippen LogP contribution in [0, 0.1) is 0 Å². The van der Waals surface area contributed by atoms with Crippen molar-refractivity contribution in [3.05, 3.63) is 140 Å². The van der Waals surface area contributed by atoms with Gasteiger partial charge in [-0.15, -0.1) is 0 Å². The van der Waals surface area contributed by atoms with Crippen molar-refractivity contribution < 1.29 is 0 Å². The molecule has 0 N–H and O–H groups in total. The van der Waals surface area contributed by atoms with E-state index in [1.165, 1.54) is 37.7 Å². The first kappa shape index (κ1) is 22.3. The molecule has 0 aliphatic heterocycles. The summed E-state index contributed by atoms with van der Waals surface area (Å²) in [6.07, 6.45) is 0. The van der Waals surface area contributed by atoms with Crippen molar-refractivity contribution in [2.45, 2.75) is 0 Å². The van der Waals surface area contributed by atoms with Gasteiger partial charge in [-0.25, -0.2) is 9.97 Å². The quantitative estimate of drug-likeness (QED) is 0.212. The van der Waals surface area contributed by atoms with E-state index < -0.39 is 0 Å². The highest BCUT2D eigenvalue weighted by Gasteiger charge is 2.20. The van der Waals surface area contributed by atoms with E-state index in [1.807, 2.05) is 0 Å². The molecule has 0 aliphatic rings. The molecule has 7 aromatic carbocycles. The van der Waals surface area contributed by atoms with E-state index in [9.17, 15) is 0 Å². The second kappa shape index (κ2) is 8.48. The molecule has 2 aromatic heterocycles. The van der Waals surface area contributed by atoms with Crippen molar-refractivity contribution in [3.63, 3.8) is 0 Å². The highest BCUT2D eigenvalue weighted by molar-refractivity contribution is 6.21. The van der Waals surface area contributed by atoms with E-state index >= 15 is 0 Å². The minimum Gasteiger partial charge on any atom is -0.278 e. The van der Waals surface area contributed by atoms with Crippen LogP contribution in [-0.4, -0.2) is 14.5 Å². The van der Waals surface area contributed by atoms with Crippen LogP contribution in [0.2, 0.25) is 0 Å². The first-order valence-corrected chi connectivity index (χ1v) is 13.9. The Morgan fingerprint density at radius 2 is 1.00 bits per heavy atom. The van der Waals surface area contributed by atoms with Gasteiger partial charge in [0.15, 0.2) is 0 Å². The van der Waals surface area contributed by atoms with Gasteiger partial charge in [-0.2, -0.15) is 0 Å². The van der Waals surface area contributed by atoms with Gasteiger partial charge in [-0.1, -0.05) is 121 Å². The average molecular weight is 522 g/mol. The fourth-order valence-electron chi connectivity index (χ4n) is 6.54. The monoisotopic (exact) mass is 521 g/mol. The summed E-state index contributed by atoms with van der Waals surface area (Å²) in [4.78, 5) is 10.7. The first-order valence-electron chi connectivity index (χ1n) is 13.9. The Morgan fingerprint density at radius 1 is 0.390 bits per heavy atom. The van der Waals surface area contributed by atoms with E-state index in [2.05, 4.69) is 144 Å². The van der Waals surface area contributed by atoms with Crippen molar-refractivity contribution in [1.29, 1.82) is 0 Å². The minimum atomic E-state index is 0.679. The number of para-hydroxylation sites is 1. The van der Waals surface area contributed by atoms with Gasteiger partial charge >= 0.3 is 0 Å². The molecule has 0 saturated heterocycles. The third-order valence-corrected chi connectivity index (χ3v) is 8.39. The van der Waals surface area contributed by atoms with Gasteiger partial charge in [-0.05, 0) is 45.1 Å². The normalized spacial score (nSPS) is 11.9. The topological polar surface area (TPSA) is 30.7 Å². The number of fused-ring (bicyclic) bond motifs is 9. The maximum Gasteiger partial charge on any atom is 0.235 e. The Labute approximate surface area is 235 Å². The molecule has 2 heterocycles. The van der Waals surface area contributed by atoms with Crippen LogP contribution < -0.4 is 0 Å². The van der Waals surface area contributed by atoms with Crippen molar-refractivity contribution >= 4 is 65.0 Å². The Kier molecular flexibility index (Phi) is 4.61. The van der Waals surface area contributed by atoms with Crippen molar-refractivity contribution in [3.8, 4) is 17.2 Å². The molecule has 0 atom stereocenters. The molecule has 9 rings (SSSR count).